The van der Waals surface area contributed by atoms with E-state index in [0.29, 0.717) is 26.2 Å². The van der Waals surface area contributed by atoms with Gasteiger partial charge in [0.25, 0.3) is 0 Å². The summed E-state index contributed by atoms with van der Waals surface area (Å²) in [6.45, 7) is 2.54. The number of nitrogens with zero attached hydrogens (tertiary/aromatic N) is 2. The highest BCUT2D eigenvalue weighted by molar-refractivity contribution is 5.92. The van der Waals surface area contributed by atoms with Crippen LogP contribution in [-0.4, -0.2) is 77.8 Å². The van der Waals surface area contributed by atoms with E-state index in [1.165, 1.54) is 0 Å². The summed E-state index contributed by atoms with van der Waals surface area (Å²) in [5.74, 6) is -1.72. The number of hydrogen-bond acceptors (Lipinski definition) is 6. The third-order valence-electron chi connectivity index (χ3n) is 5.95. The number of likely N-dealkylation sites (tertiary alicyclic amines) is 1. The van der Waals surface area contributed by atoms with Gasteiger partial charge in [0.2, 0.25) is 11.8 Å². The van der Waals surface area contributed by atoms with Crippen molar-refractivity contribution in [3.8, 4) is 0 Å². The van der Waals surface area contributed by atoms with Crippen LogP contribution >= 0.6 is 0 Å². The fraction of sp³-hybridized carbons (Fsp3) is 0.476. The molecule has 3 N–H and O–H groups in total. The van der Waals surface area contributed by atoms with Crippen molar-refractivity contribution in [1.29, 1.82) is 0 Å². The van der Waals surface area contributed by atoms with Crippen LogP contribution in [0.15, 0.2) is 36.4 Å². The first-order valence-corrected chi connectivity index (χ1v) is 10.2. The van der Waals surface area contributed by atoms with Crippen LogP contribution in [0.3, 0.4) is 0 Å². The SMILES string of the molecule is O=C(NO)[C@H]1C[C@H](OC(=O)N2CCC2)CN[C@@H]1C(=O)N1CC=C(c2ccccc2)C1. The number of rotatable bonds is 4. The van der Waals surface area contributed by atoms with Crippen molar-refractivity contribution < 1.29 is 24.3 Å². The maximum absolute atomic E-state index is 13.2. The number of ether oxygens (including phenoxy) is 1. The monoisotopic (exact) mass is 414 g/mol. The Morgan fingerprint density at radius 2 is 1.90 bits per heavy atom. The molecule has 0 aromatic heterocycles. The summed E-state index contributed by atoms with van der Waals surface area (Å²) in [4.78, 5) is 40.8. The lowest BCUT2D eigenvalue weighted by molar-refractivity contribution is -0.145. The van der Waals surface area contributed by atoms with Crippen molar-refractivity contribution in [3.05, 3.63) is 42.0 Å². The molecule has 0 spiro atoms. The number of amides is 3. The van der Waals surface area contributed by atoms with E-state index in [4.69, 9.17) is 9.94 Å². The molecule has 9 heteroatoms. The Hall–Kier alpha value is -2.91. The quantitative estimate of drug-likeness (QED) is 0.492. The molecule has 30 heavy (non-hydrogen) atoms. The topological polar surface area (TPSA) is 111 Å². The highest BCUT2D eigenvalue weighted by Crippen LogP contribution is 2.26. The van der Waals surface area contributed by atoms with Crippen LogP contribution in [0, 0.1) is 5.92 Å². The Morgan fingerprint density at radius 1 is 1.13 bits per heavy atom. The van der Waals surface area contributed by atoms with E-state index in [2.05, 4.69) is 5.32 Å². The van der Waals surface area contributed by atoms with Gasteiger partial charge in [0, 0.05) is 32.7 Å². The number of carbonyl (C=O) groups excluding carboxylic acids is 3. The average molecular weight is 414 g/mol. The van der Waals surface area contributed by atoms with Gasteiger partial charge in [-0.15, -0.1) is 0 Å². The molecule has 3 heterocycles. The molecule has 3 atom stereocenters. The van der Waals surface area contributed by atoms with Crippen LogP contribution in [0.25, 0.3) is 5.57 Å². The molecule has 3 aliphatic heterocycles. The second kappa shape index (κ2) is 8.85. The third-order valence-corrected chi connectivity index (χ3v) is 5.95. The van der Waals surface area contributed by atoms with E-state index in [0.717, 1.165) is 17.6 Å². The predicted octanol–water partition coefficient (Wildman–Crippen LogP) is 0.607. The normalized spacial score (nSPS) is 25.9. The van der Waals surface area contributed by atoms with Crippen LogP contribution < -0.4 is 10.8 Å². The summed E-state index contributed by atoms with van der Waals surface area (Å²) in [5.41, 5.74) is 3.77. The zero-order valence-electron chi connectivity index (χ0n) is 16.6. The molecule has 1 aromatic carbocycles. The van der Waals surface area contributed by atoms with Gasteiger partial charge in [-0.05, 0) is 24.0 Å². The van der Waals surface area contributed by atoms with Gasteiger partial charge in [-0.2, -0.15) is 0 Å². The molecule has 0 aliphatic carbocycles. The standard InChI is InChI=1S/C21H26N4O5/c26-19(23-29)17-11-16(30-21(28)24-8-4-9-24)12-22-18(17)20(27)25-10-7-15(13-25)14-5-2-1-3-6-14/h1-3,5-7,16-18,22,29H,4,8-13H2,(H,23,26)/t16-,17-,18-/m0/s1. The number of benzene rings is 1. The fourth-order valence-electron chi connectivity index (χ4n) is 4.09. The number of nitrogens with one attached hydrogen (secondary N) is 2. The van der Waals surface area contributed by atoms with E-state index in [1.807, 2.05) is 36.4 Å². The minimum Gasteiger partial charge on any atom is -0.445 e. The molecular weight excluding hydrogens is 388 g/mol. The number of hydrogen-bond donors (Lipinski definition) is 3. The highest BCUT2D eigenvalue weighted by Gasteiger charge is 2.43. The summed E-state index contributed by atoms with van der Waals surface area (Å²) >= 11 is 0. The lowest BCUT2D eigenvalue weighted by Crippen LogP contribution is -2.60. The van der Waals surface area contributed by atoms with Crippen LogP contribution in [0.2, 0.25) is 0 Å². The van der Waals surface area contributed by atoms with E-state index in [1.54, 1.807) is 15.3 Å². The van der Waals surface area contributed by atoms with Crippen LogP contribution in [0.1, 0.15) is 18.4 Å². The van der Waals surface area contributed by atoms with Gasteiger partial charge in [0.05, 0.1) is 12.0 Å². The Labute approximate surface area is 174 Å². The molecule has 0 radical (unpaired) electrons. The molecule has 1 aromatic rings. The minimum absolute atomic E-state index is 0.169. The van der Waals surface area contributed by atoms with Crippen molar-refractivity contribution in [3.63, 3.8) is 0 Å². The third kappa shape index (κ3) is 4.17. The molecule has 0 saturated carbocycles. The van der Waals surface area contributed by atoms with E-state index < -0.39 is 30.1 Å². The predicted molar refractivity (Wildman–Crippen MR) is 107 cm³/mol. The molecule has 3 aliphatic rings. The van der Waals surface area contributed by atoms with Crippen molar-refractivity contribution in [2.75, 3.05) is 32.7 Å². The lowest BCUT2D eigenvalue weighted by Gasteiger charge is -2.38. The van der Waals surface area contributed by atoms with Gasteiger partial charge >= 0.3 is 6.09 Å². The summed E-state index contributed by atoms with van der Waals surface area (Å²) in [5, 5.41) is 12.2. The number of hydroxylamine groups is 1. The fourth-order valence-corrected chi connectivity index (χ4v) is 4.09. The molecule has 2 fully saturated rings. The van der Waals surface area contributed by atoms with Gasteiger partial charge < -0.3 is 19.9 Å². The second-order valence-electron chi connectivity index (χ2n) is 7.86. The van der Waals surface area contributed by atoms with Crippen LogP contribution in [0.5, 0.6) is 0 Å². The zero-order chi connectivity index (χ0) is 21.1. The van der Waals surface area contributed by atoms with E-state index in [-0.39, 0.29) is 18.9 Å². The summed E-state index contributed by atoms with van der Waals surface area (Å²) in [6, 6.07) is 9.05. The first-order chi connectivity index (χ1) is 14.6. The molecule has 9 nitrogen and oxygen atoms in total. The Morgan fingerprint density at radius 3 is 2.57 bits per heavy atom. The largest absolute Gasteiger partial charge is 0.445 e. The molecule has 4 rings (SSSR count). The maximum Gasteiger partial charge on any atom is 0.410 e. The molecule has 160 valence electrons. The molecule has 0 unspecified atom stereocenters. The molecular formula is C21H26N4O5. The van der Waals surface area contributed by atoms with Gasteiger partial charge in [-0.3, -0.25) is 14.8 Å². The molecule has 0 bridgehead atoms. The Kier molecular flexibility index (Phi) is 6.01. The van der Waals surface area contributed by atoms with Gasteiger partial charge in [0.1, 0.15) is 6.10 Å². The summed E-state index contributed by atoms with van der Waals surface area (Å²) < 4.78 is 5.48. The first kappa shape index (κ1) is 20.4. The lowest BCUT2D eigenvalue weighted by atomic mass is 9.87. The Bertz CT molecular complexity index is 839. The average Bonchev–Trinajstić information content (AvgIpc) is 3.22. The van der Waals surface area contributed by atoms with Gasteiger partial charge in [-0.1, -0.05) is 36.4 Å². The summed E-state index contributed by atoms with van der Waals surface area (Å²) in [6.07, 6.45) is 2.19. The molecule has 3 amide bonds. The van der Waals surface area contributed by atoms with Crippen LogP contribution in [-0.2, 0) is 14.3 Å². The van der Waals surface area contributed by atoms with Gasteiger partial charge in [0.15, 0.2) is 0 Å². The van der Waals surface area contributed by atoms with Crippen molar-refractivity contribution in [1.82, 2.24) is 20.6 Å². The summed E-state index contributed by atoms with van der Waals surface area (Å²) in [7, 11) is 0. The number of piperidine rings is 1. The second-order valence-corrected chi connectivity index (χ2v) is 7.86. The van der Waals surface area contributed by atoms with Crippen molar-refractivity contribution in [2.24, 2.45) is 5.92 Å². The van der Waals surface area contributed by atoms with E-state index >= 15 is 0 Å². The first-order valence-electron chi connectivity index (χ1n) is 10.2. The highest BCUT2D eigenvalue weighted by atomic mass is 16.6. The molecule has 2 saturated heterocycles. The Balaban J connectivity index is 1.39. The smallest absolute Gasteiger partial charge is 0.410 e. The zero-order valence-corrected chi connectivity index (χ0v) is 16.6. The number of carbonyl (C=O) groups is 3. The van der Waals surface area contributed by atoms with Gasteiger partial charge in [-0.25, -0.2) is 10.3 Å². The minimum atomic E-state index is -0.841. The van der Waals surface area contributed by atoms with E-state index in [9.17, 15) is 14.4 Å². The van der Waals surface area contributed by atoms with Crippen molar-refractivity contribution >= 4 is 23.5 Å². The van der Waals surface area contributed by atoms with Crippen LogP contribution in [0.4, 0.5) is 4.79 Å². The van der Waals surface area contributed by atoms with Crippen molar-refractivity contribution in [2.45, 2.75) is 25.0 Å². The maximum atomic E-state index is 13.2.